The molecule has 2 aliphatic carbocycles. The summed E-state index contributed by atoms with van der Waals surface area (Å²) < 4.78 is 12.8. The van der Waals surface area contributed by atoms with Crippen LogP contribution in [0.15, 0.2) is 42.6 Å². The minimum Gasteiger partial charge on any atom is -0.504 e. The Morgan fingerprint density at radius 3 is 2.24 bits per heavy atom. The minimum absolute atomic E-state index is 0. The van der Waals surface area contributed by atoms with Gasteiger partial charge in [-0.05, 0) is 54.9 Å². The highest BCUT2D eigenvalue weighted by Crippen LogP contribution is 2.47. The van der Waals surface area contributed by atoms with Gasteiger partial charge in [0.25, 0.3) is 0 Å². The molecule has 3 heterocycles. The van der Waals surface area contributed by atoms with Gasteiger partial charge in [0, 0.05) is 31.6 Å². The lowest BCUT2D eigenvalue weighted by atomic mass is 9.82. The summed E-state index contributed by atoms with van der Waals surface area (Å²) in [6.07, 6.45) is 7.64. The molecule has 2 saturated carbocycles. The normalized spacial score (nSPS) is 24.8. The van der Waals surface area contributed by atoms with Gasteiger partial charge in [-0.15, -0.1) is 0 Å². The molecule has 4 amide bonds. The zero-order valence-corrected chi connectivity index (χ0v) is 28.0. The van der Waals surface area contributed by atoms with Crippen molar-refractivity contribution in [1.82, 2.24) is 20.1 Å². The third-order valence-electron chi connectivity index (χ3n) is 9.17. The topological polar surface area (TPSA) is 156 Å². The molecule has 6 rings (SSSR count). The number of hydrogen-bond donors (Lipinski definition) is 3. The molecule has 1 aromatic heterocycles. The standard InChI is InChI=1S/C20H26N2O2.C12H11FN4O3.C4H10.CH4/c23-19(22-12-15-8-4-5-9-16(15)13-22)11-21-20(24)18-10-17(18)14-6-2-1-3-7-14;13-8-2-10(19)11(15-4-8)16-12(20)7-1-9(3-14)17(5-7)6-18;1-4(2)3;/h1-3,6-7,15-18H,4-5,8-13H2,(H,21,24);2,4,6-7,9,19H,1,5H2,(H,15,16,20);4H,1-3H3;1H4/t15?,16?,17?,18-;;;/m0.../s1. The summed E-state index contributed by atoms with van der Waals surface area (Å²) in [4.78, 5) is 54.2. The van der Waals surface area contributed by atoms with Gasteiger partial charge in [-0.25, -0.2) is 9.37 Å². The number of aromatic nitrogens is 1. The van der Waals surface area contributed by atoms with Crippen molar-refractivity contribution in [2.45, 2.75) is 78.7 Å². The van der Waals surface area contributed by atoms with Gasteiger partial charge in [0.1, 0.15) is 11.9 Å². The number of hydrogen-bond acceptors (Lipinski definition) is 7. The van der Waals surface area contributed by atoms with Crippen LogP contribution in [0.25, 0.3) is 0 Å². The number of halogens is 1. The molecule has 11 nitrogen and oxygen atoms in total. The Hall–Kier alpha value is -4.53. The first-order chi connectivity index (χ1) is 23.0. The van der Waals surface area contributed by atoms with Crippen LogP contribution in [-0.4, -0.2) is 76.2 Å². The second-order valence-electron chi connectivity index (χ2n) is 13.8. The van der Waals surface area contributed by atoms with Gasteiger partial charge in [0.05, 0.1) is 24.7 Å². The molecule has 4 fully saturated rings. The molecule has 0 bridgehead atoms. The van der Waals surface area contributed by atoms with Gasteiger partial charge in [0.2, 0.25) is 24.1 Å². The second kappa shape index (κ2) is 18.3. The van der Waals surface area contributed by atoms with Crippen LogP contribution in [0.3, 0.4) is 0 Å². The van der Waals surface area contributed by atoms with Crippen LogP contribution in [0.2, 0.25) is 0 Å². The number of carbonyl (C=O) groups is 4. The number of pyridine rings is 1. The Morgan fingerprint density at radius 1 is 1.06 bits per heavy atom. The predicted octanol–water partition coefficient (Wildman–Crippen LogP) is 5.09. The van der Waals surface area contributed by atoms with Crippen molar-refractivity contribution in [3.05, 3.63) is 54.0 Å². The molecule has 6 atom stereocenters. The smallest absolute Gasteiger partial charge is 0.241 e. The van der Waals surface area contributed by atoms with Crippen LogP contribution < -0.4 is 10.6 Å². The maximum Gasteiger partial charge on any atom is 0.241 e. The summed E-state index contributed by atoms with van der Waals surface area (Å²) in [5, 5.41) is 23.5. The summed E-state index contributed by atoms with van der Waals surface area (Å²) >= 11 is 0. The van der Waals surface area contributed by atoms with Crippen LogP contribution in [-0.2, 0) is 19.2 Å². The summed E-state index contributed by atoms with van der Waals surface area (Å²) in [6.45, 7) is 8.58. The first-order valence-electron chi connectivity index (χ1n) is 16.9. The molecule has 2 aromatic rings. The van der Waals surface area contributed by atoms with Crippen molar-refractivity contribution in [3.8, 4) is 11.8 Å². The summed E-state index contributed by atoms with van der Waals surface area (Å²) in [5.74, 6) is 0.308. The highest BCUT2D eigenvalue weighted by Gasteiger charge is 2.44. The van der Waals surface area contributed by atoms with Gasteiger partial charge in [-0.3, -0.25) is 19.2 Å². The molecule has 1 aromatic carbocycles. The number of nitrogens with zero attached hydrogens (tertiary/aromatic N) is 4. The molecule has 49 heavy (non-hydrogen) atoms. The Kier molecular flexibility index (Phi) is 14.5. The number of nitriles is 1. The molecular weight excluding hydrogens is 627 g/mol. The van der Waals surface area contributed by atoms with Gasteiger partial charge in [-0.2, -0.15) is 5.26 Å². The van der Waals surface area contributed by atoms with Crippen LogP contribution in [0.4, 0.5) is 10.2 Å². The predicted molar refractivity (Wildman–Crippen MR) is 184 cm³/mol. The highest BCUT2D eigenvalue weighted by atomic mass is 19.1. The number of nitrogens with one attached hydrogen (secondary N) is 2. The maximum atomic E-state index is 12.8. The first kappa shape index (κ1) is 38.9. The van der Waals surface area contributed by atoms with E-state index in [-0.39, 0.29) is 50.5 Å². The van der Waals surface area contributed by atoms with Crippen molar-refractivity contribution in [3.63, 3.8) is 0 Å². The van der Waals surface area contributed by atoms with Gasteiger partial charge in [-0.1, -0.05) is 71.4 Å². The minimum atomic E-state index is -0.724. The van der Waals surface area contributed by atoms with E-state index in [0.717, 1.165) is 37.7 Å². The molecular formula is C37H51FN6O5. The van der Waals surface area contributed by atoms with Crippen molar-refractivity contribution < 1.29 is 28.7 Å². The number of fused-ring (bicyclic) bond motifs is 1. The van der Waals surface area contributed by atoms with E-state index in [4.69, 9.17) is 5.26 Å². The molecule has 2 aliphatic heterocycles. The number of rotatable bonds is 7. The van der Waals surface area contributed by atoms with Crippen molar-refractivity contribution in [2.75, 3.05) is 31.5 Å². The average molecular weight is 679 g/mol. The monoisotopic (exact) mass is 678 g/mol. The lowest BCUT2D eigenvalue weighted by Crippen LogP contribution is -2.39. The lowest BCUT2D eigenvalue weighted by Gasteiger charge is -2.22. The molecule has 0 spiro atoms. The van der Waals surface area contributed by atoms with Crippen LogP contribution in [0.1, 0.15) is 78.2 Å². The Balaban J connectivity index is 0.000000239. The van der Waals surface area contributed by atoms with Gasteiger partial charge < -0.3 is 25.5 Å². The molecule has 5 unspecified atom stereocenters. The molecule has 2 saturated heterocycles. The molecule has 12 heteroatoms. The number of amides is 4. The Labute approximate surface area is 289 Å². The number of aromatic hydroxyl groups is 1. The van der Waals surface area contributed by atoms with Crippen LogP contribution in [0, 0.1) is 46.7 Å². The molecule has 0 radical (unpaired) electrons. The quantitative estimate of drug-likeness (QED) is 0.345. The second-order valence-corrected chi connectivity index (χ2v) is 13.8. The summed E-state index contributed by atoms with van der Waals surface area (Å²) in [5.41, 5.74) is 1.23. The zero-order chi connectivity index (χ0) is 34.8. The van der Waals surface area contributed by atoms with E-state index in [1.165, 1.54) is 36.1 Å². The van der Waals surface area contributed by atoms with E-state index < -0.39 is 29.4 Å². The third kappa shape index (κ3) is 11.0. The fourth-order valence-electron chi connectivity index (χ4n) is 6.61. The van der Waals surface area contributed by atoms with E-state index in [1.54, 1.807) is 0 Å². The first-order valence-corrected chi connectivity index (χ1v) is 16.9. The SMILES string of the molecule is C.CC(C)C.N#CC1CC(C(=O)Nc2ncc(F)cc2O)CN1C=O.O=C(NCC(=O)N1CC2CCCCC2C1)[C@H]1CC1c1ccccc1. The third-order valence-corrected chi connectivity index (χ3v) is 9.17. The van der Waals surface area contributed by atoms with E-state index in [9.17, 15) is 28.7 Å². The van der Waals surface area contributed by atoms with Crippen LogP contribution in [0.5, 0.6) is 5.75 Å². The van der Waals surface area contributed by atoms with E-state index in [0.29, 0.717) is 24.2 Å². The number of benzene rings is 1. The lowest BCUT2D eigenvalue weighted by molar-refractivity contribution is -0.132. The molecule has 266 valence electrons. The fourth-order valence-corrected chi connectivity index (χ4v) is 6.61. The number of carbonyl (C=O) groups excluding carboxylic acids is 4. The largest absolute Gasteiger partial charge is 0.504 e. The average Bonchev–Trinajstić information content (AvgIpc) is 3.57. The van der Waals surface area contributed by atoms with E-state index >= 15 is 0 Å². The number of likely N-dealkylation sites (tertiary alicyclic amines) is 2. The van der Waals surface area contributed by atoms with E-state index in [2.05, 4.69) is 48.5 Å². The Morgan fingerprint density at radius 2 is 1.69 bits per heavy atom. The van der Waals surface area contributed by atoms with Crippen molar-refractivity contribution in [2.24, 2.45) is 29.6 Å². The zero-order valence-electron chi connectivity index (χ0n) is 28.0. The maximum absolute atomic E-state index is 12.8. The Bertz CT molecular complexity index is 1450. The summed E-state index contributed by atoms with van der Waals surface area (Å²) in [7, 11) is 0. The number of anilines is 1. The van der Waals surface area contributed by atoms with Crippen molar-refractivity contribution in [1.29, 1.82) is 5.26 Å². The molecule has 4 aliphatic rings. The van der Waals surface area contributed by atoms with Crippen molar-refractivity contribution >= 4 is 29.9 Å². The van der Waals surface area contributed by atoms with Gasteiger partial charge >= 0.3 is 0 Å². The van der Waals surface area contributed by atoms with Crippen LogP contribution >= 0.6 is 0 Å². The van der Waals surface area contributed by atoms with Gasteiger partial charge in [0.15, 0.2) is 11.6 Å². The molecule has 3 N–H and O–H groups in total. The highest BCUT2D eigenvalue weighted by molar-refractivity contribution is 5.93. The summed E-state index contributed by atoms with van der Waals surface area (Å²) in [6, 6.07) is 12.3. The fraction of sp³-hybridized carbons (Fsp3) is 0.568. The van der Waals surface area contributed by atoms with E-state index in [1.807, 2.05) is 29.2 Å².